The van der Waals surface area contributed by atoms with Crippen LogP contribution in [-0.4, -0.2) is 33.9 Å². The van der Waals surface area contributed by atoms with Crippen molar-refractivity contribution >= 4 is 16.9 Å². The molecule has 1 aromatic heterocycles. The Morgan fingerprint density at radius 2 is 2.35 bits per heavy atom. The second kappa shape index (κ2) is 4.59. The Hall–Kier alpha value is -1.88. The lowest BCUT2D eigenvalue weighted by molar-refractivity contribution is 0.100. The first-order valence-corrected chi connectivity index (χ1v) is 7.10. The summed E-state index contributed by atoms with van der Waals surface area (Å²) in [5.74, 6) is 0.498. The molecule has 0 saturated carbocycles. The minimum atomic E-state index is -0.433. The van der Waals surface area contributed by atoms with Gasteiger partial charge < -0.3 is 10.7 Å². The predicted octanol–water partition coefficient (Wildman–Crippen LogP) is 1.99. The van der Waals surface area contributed by atoms with E-state index in [2.05, 4.69) is 28.7 Å². The fraction of sp³-hybridized carbons (Fsp3) is 0.467. The number of H-pyrrole nitrogens is 1. The van der Waals surface area contributed by atoms with Gasteiger partial charge in [0.05, 0.1) is 16.6 Å². The van der Waals surface area contributed by atoms with E-state index >= 15 is 0 Å². The first kappa shape index (κ1) is 13.1. The van der Waals surface area contributed by atoms with Crippen molar-refractivity contribution in [2.45, 2.75) is 32.2 Å². The molecule has 1 amide bonds. The number of imidazole rings is 1. The van der Waals surface area contributed by atoms with Gasteiger partial charge >= 0.3 is 0 Å². The van der Waals surface area contributed by atoms with Gasteiger partial charge in [0.25, 0.3) is 5.91 Å². The molecule has 0 unspecified atom stereocenters. The monoisotopic (exact) mass is 272 g/mol. The quantitative estimate of drug-likeness (QED) is 0.897. The lowest BCUT2D eigenvalue weighted by Gasteiger charge is -2.32. The van der Waals surface area contributed by atoms with E-state index in [1.807, 2.05) is 12.1 Å². The van der Waals surface area contributed by atoms with E-state index in [4.69, 9.17) is 5.73 Å². The predicted molar refractivity (Wildman–Crippen MR) is 78.4 cm³/mol. The highest BCUT2D eigenvalue weighted by Gasteiger charge is 2.39. The third-order valence-electron chi connectivity index (χ3n) is 4.46. The molecule has 0 spiro atoms. The molecule has 1 fully saturated rings. The second-order valence-corrected chi connectivity index (χ2v) is 5.61. The number of nitrogens with two attached hydrogens (primary N) is 1. The summed E-state index contributed by atoms with van der Waals surface area (Å²) in [6.45, 7) is 6.47. The van der Waals surface area contributed by atoms with Gasteiger partial charge in [0.1, 0.15) is 11.3 Å². The van der Waals surface area contributed by atoms with E-state index in [0.717, 1.165) is 30.9 Å². The summed E-state index contributed by atoms with van der Waals surface area (Å²) in [5.41, 5.74) is 7.38. The van der Waals surface area contributed by atoms with Crippen LogP contribution < -0.4 is 5.73 Å². The number of carbonyl (C=O) groups is 1. The van der Waals surface area contributed by atoms with Gasteiger partial charge in [0, 0.05) is 0 Å². The number of amides is 1. The van der Waals surface area contributed by atoms with Crippen LogP contribution in [0.2, 0.25) is 0 Å². The van der Waals surface area contributed by atoms with Crippen LogP contribution >= 0.6 is 0 Å². The molecule has 3 rings (SSSR count). The van der Waals surface area contributed by atoms with Crippen molar-refractivity contribution in [3.63, 3.8) is 0 Å². The van der Waals surface area contributed by atoms with E-state index in [9.17, 15) is 4.79 Å². The van der Waals surface area contributed by atoms with Crippen molar-refractivity contribution < 1.29 is 4.79 Å². The van der Waals surface area contributed by atoms with E-state index < -0.39 is 5.91 Å². The molecule has 1 aromatic carbocycles. The number of nitrogens with zero attached hydrogens (tertiary/aromatic N) is 2. The second-order valence-electron chi connectivity index (χ2n) is 5.61. The number of aromatic nitrogens is 2. The molecule has 5 heteroatoms. The number of likely N-dealkylation sites (tertiary alicyclic amines) is 1. The number of rotatable bonds is 3. The third kappa shape index (κ3) is 1.81. The van der Waals surface area contributed by atoms with Crippen LogP contribution in [-0.2, 0) is 5.54 Å². The molecule has 1 saturated heterocycles. The van der Waals surface area contributed by atoms with Crippen molar-refractivity contribution in [2.24, 2.45) is 5.73 Å². The highest BCUT2D eigenvalue weighted by Crippen LogP contribution is 2.37. The Bertz CT molecular complexity index is 663. The first-order valence-electron chi connectivity index (χ1n) is 7.10. The fourth-order valence-corrected chi connectivity index (χ4v) is 3.28. The molecular formula is C15H20N4O. The minimum absolute atomic E-state index is 0.0807. The molecule has 1 atom stereocenters. The number of primary amides is 1. The van der Waals surface area contributed by atoms with Crippen molar-refractivity contribution in [1.29, 1.82) is 0 Å². The zero-order valence-electron chi connectivity index (χ0n) is 11.9. The van der Waals surface area contributed by atoms with Gasteiger partial charge in [-0.2, -0.15) is 0 Å². The average Bonchev–Trinajstić information content (AvgIpc) is 3.01. The summed E-state index contributed by atoms with van der Waals surface area (Å²) < 4.78 is 0. The molecule has 5 nitrogen and oxygen atoms in total. The number of fused-ring (bicyclic) bond motifs is 1. The van der Waals surface area contributed by atoms with E-state index in [-0.39, 0.29) is 5.54 Å². The van der Waals surface area contributed by atoms with E-state index in [1.165, 1.54) is 6.42 Å². The Labute approximate surface area is 118 Å². The minimum Gasteiger partial charge on any atom is -0.366 e. The van der Waals surface area contributed by atoms with Crippen LogP contribution in [0.3, 0.4) is 0 Å². The van der Waals surface area contributed by atoms with Gasteiger partial charge in [-0.3, -0.25) is 9.69 Å². The summed E-state index contributed by atoms with van der Waals surface area (Å²) in [5, 5.41) is 0. The van der Waals surface area contributed by atoms with Gasteiger partial charge in [-0.15, -0.1) is 0 Å². The lowest BCUT2D eigenvalue weighted by Crippen LogP contribution is -2.39. The van der Waals surface area contributed by atoms with Crippen LogP contribution in [0.1, 0.15) is 42.9 Å². The van der Waals surface area contributed by atoms with Gasteiger partial charge in [-0.25, -0.2) is 4.98 Å². The molecule has 0 aliphatic carbocycles. The molecule has 20 heavy (non-hydrogen) atoms. The van der Waals surface area contributed by atoms with Crippen LogP contribution in [0.15, 0.2) is 18.2 Å². The SMILES string of the molecule is CCN1CCC[C@@]1(C)c1nc2c(C(N)=O)cccc2[nH]1. The van der Waals surface area contributed by atoms with Crippen molar-refractivity contribution in [2.75, 3.05) is 13.1 Å². The molecule has 0 radical (unpaired) electrons. The first-order chi connectivity index (χ1) is 9.56. The van der Waals surface area contributed by atoms with Crippen molar-refractivity contribution in [3.05, 3.63) is 29.6 Å². The van der Waals surface area contributed by atoms with Gasteiger partial charge in [-0.05, 0) is 45.0 Å². The number of nitrogens with one attached hydrogen (secondary N) is 1. The normalized spacial score (nSPS) is 23.5. The summed E-state index contributed by atoms with van der Waals surface area (Å²) in [4.78, 5) is 22.0. The Kier molecular flexibility index (Phi) is 3.01. The smallest absolute Gasteiger partial charge is 0.250 e. The van der Waals surface area contributed by atoms with Gasteiger partial charge in [0.15, 0.2) is 0 Å². The van der Waals surface area contributed by atoms with Crippen LogP contribution in [0.4, 0.5) is 0 Å². The highest BCUT2D eigenvalue weighted by atomic mass is 16.1. The zero-order valence-corrected chi connectivity index (χ0v) is 11.9. The molecule has 0 bridgehead atoms. The Morgan fingerprint density at radius 3 is 3.05 bits per heavy atom. The standard InChI is InChI=1S/C15H20N4O/c1-3-19-9-5-8-15(19,2)14-17-11-7-4-6-10(13(16)20)12(11)18-14/h4,6-7H,3,5,8-9H2,1-2H3,(H2,16,20)(H,17,18)/t15-/m0/s1. The summed E-state index contributed by atoms with van der Waals surface area (Å²) in [7, 11) is 0. The Morgan fingerprint density at radius 1 is 1.55 bits per heavy atom. The van der Waals surface area contributed by atoms with Crippen molar-refractivity contribution in [1.82, 2.24) is 14.9 Å². The van der Waals surface area contributed by atoms with E-state index in [1.54, 1.807) is 6.07 Å². The number of hydrogen-bond donors (Lipinski definition) is 2. The molecule has 1 aliphatic rings. The van der Waals surface area contributed by atoms with Gasteiger partial charge in [0.2, 0.25) is 0 Å². The topological polar surface area (TPSA) is 75.0 Å². The third-order valence-corrected chi connectivity index (χ3v) is 4.46. The van der Waals surface area contributed by atoms with Gasteiger partial charge in [-0.1, -0.05) is 13.0 Å². The number of hydrogen-bond acceptors (Lipinski definition) is 3. The molecule has 2 aromatic rings. The van der Waals surface area contributed by atoms with Crippen LogP contribution in [0, 0.1) is 0 Å². The number of carbonyl (C=O) groups excluding carboxylic acids is 1. The van der Waals surface area contributed by atoms with Crippen LogP contribution in [0.25, 0.3) is 11.0 Å². The molecule has 2 heterocycles. The van der Waals surface area contributed by atoms with E-state index in [0.29, 0.717) is 11.1 Å². The highest BCUT2D eigenvalue weighted by molar-refractivity contribution is 6.04. The fourth-order valence-electron chi connectivity index (χ4n) is 3.28. The Balaban J connectivity index is 2.14. The largest absolute Gasteiger partial charge is 0.366 e. The summed E-state index contributed by atoms with van der Waals surface area (Å²) >= 11 is 0. The number of para-hydroxylation sites is 1. The number of benzene rings is 1. The maximum absolute atomic E-state index is 11.5. The maximum Gasteiger partial charge on any atom is 0.250 e. The summed E-state index contributed by atoms with van der Waals surface area (Å²) in [6.07, 6.45) is 2.25. The lowest BCUT2D eigenvalue weighted by atomic mass is 9.98. The molecule has 3 N–H and O–H groups in total. The molecule has 1 aliphatic heterocycles. The molecular weight excluding hydrogens is 252 g/mol. The molecule has 106 valence electrons. The van der Waals surface area contributed by atoms with Crippen LogP contribution in [0.5, 0.6) is 0 Å². The maximum atomic E-state index is 11.5. The zero-order chi connectivity index (χ0) is 14.3. The summed E-state index contributed by atoms with van der Waals surface area (Å²) in [6, 6.07) is 5.50. The van der Waals surface area contributed by atoms with Crippen molar-refractivity contribution in [3.8, 4) is 0 Å². The number of aromatic amines is 1. The average molecular weight is 272 g/mol.